The van der Waals surface area contributed by atoms with Gasteiger partial charge in [0.1, 0.15) is 5.82 Å². The molecule has 1 saturated heterocycles. The molecule has 1 N–H and O–H groups in total. The van der Waals surface area contributed by atoms with Crippen LogP contribution in [0.15, 0.2) is 41.4 Å². The highest BCUT2D eigenvalue weighted by molar-refractivity contribution is 7.89. The second-order valence-corrected chi connectivity index (χ2v) is 10.1. The summed E-state index contributed by atoms with van der Waals surface area (Å²) in [5, 5.41) is 2.82. The standard InChI is InChI=1S/C23H32N4O3S/c1-5-27(6-2)31(29,30)19-8-9-21(26-13-11-17(3)12-14-26)20(15-19)23(28)25-22-10-7-18(4)16-24-22/h7-10,15-17H,5-6,11-14H2,1-4H3,(H,24,25,28). The smallest absolute Gasteiger partial charge is 0.258 e. The number of piperidine rings is 1. The number of sulfonamides is 1. The van der Waals surface area contributed by atoms with Crippen molar-refractivity contribution in [2.75, 3.05) is 36.4 Å². The van der Waals surface area contributed by atoms with Crippen molar-refractivity contribution in [3.05, 3.63) is 47.7 Å². The van der Waals surface area contributed by atoms with Gasteiger partial charge in [-0.25, -0.2) is 13.4 Å². The van der Waals surface area contributed by atoms with Crippen LogP contribution < -0.4 is 10.2 Å². The van der Waals surface area contributed by atoms with Crippen molar-refractivity contribution in [1.82, 2.24) is 9.29 Å². The average molecular weight is 445 g/mol. The van der Waals surface area contributed by atoms with Crippen molar-refractivity contribution in [2.45, 2.75) is 45.4 Å². The Bertz CT molecular complexity index is 1010. The summed E-state index contributed by atoms with van der Waals surface area (Å²) in [6, 6.07) is 8.50. The van der Waals surface area contributed by atoms with Crippen LogP contribution in [0.4, 0.5) is 11.5 Å². The van der Waals surface area contributed by atoms with Crippen LogP contribution in [-0.4, -0.2) is 49.8 Å². The van der Waals surface area contributed by atoms with Crippen LogP contribution in [-0.2, 0) is 10.0 Å². The highest BCUT2D eigenvalue weighted by Crippen LogP contribution is 2.30. The number of rotatable bonds is 7. The Hall–Kier alpha value is -2.45. The minimum Gasteiger partial charge on any atom is -0.371 e. The maximum absolute atomic E-state index is 13.2. The molecule has 0 bridgehead atoms. The monoisotopic (exact) mass is 444 g/mol. The minimum absolute atomic E-state index is 0.132. The lowest BCUT2D eigenvalue weighted by molar-refractivity contribution is 0.102. The first kappa shape index (κ1) is 23.2. The summed E-state index contributed by atoms with van der Waals surface area (Å²) >= 11 is 0. The number of hydrogen-bond donors (Lipinski definition) is 1. The SMILES string of the molecule is CCN(CC)S(=O)(=O)c1ccc(N2CCC(C)CC2)c(C(=O)Nc2ccc(C)cn2)c1. The molecular formula is C23H32N4O3S. The molecule has 0 saturated carbocycles. The van der Waals surface area contributed by atoms with Gasteiger partial charge >= 0.3 is 0 Å². The highest BCUT2D eigenvalue weighted by atomic mass is 32.2. The van der Waals surface area contributed by atoms with Gasteiger partial charge in [-0.1, -0.05) is 26.8 Å². The van der Waals surface area contributed by atoms with Crippen LogP contribution in [0.1, 0.15) is 49.5 Å². The first-order chi connectivity index (χ1) is 14.8. The van der Waals surface area contributed by atoms with Crippen LogP contribution >= 0.6 is 0 Å². The predicted octanol–water partition coefficient (Wildman–Crippen LogP) is 3.91. The van der Waals surface area contributed by atoms with Gasteiger partial charge < -0.3 is 10.2 Å². The van der Waals surface area contributed by atoms with Crippen molar-refractivity contribution < 1.29 is 13.2 Å². The van der Waals surface area contributed by atoms with Crippen molar-refractivity contribution in [3.8, 4) is 0 Å². The normalized spacial score (nSPS) is 15.3. The number of hydrogen-bond acceptors (Lipinski definition) is 5. The quantitative estimate of drug-likeness (QED) is 0.700. The summed E-state index contributed by atoms with van der Waals surface area (Å²) in [6.07, 6.45) is 3.77. The van der Waals surface area contributed by atoms with Crippen LogP contribution in [0.3, 0.4) is 0 Å². The van der Waals surface area contributed by atoms with Gasteiger partial charge in [0, 0.05) is 38.1 Å². The molecule has 1 aromatic carbocycles. The lowest BCUT2D eigenvalue weighted by Crippen LogP contribution is -2.35. The molecule has 2 aromatic rings. The largest absolute Gasteiger partial charge is 0.371 e. The molecule has 0 spiro atoms. The van der Waals surface area contributed by atoms with Crippen molar-refractivity contribution in [2.24, 2.45) is 5.92 Å². The Kier molecular flexibility index (Phi) is 7.33. The molecule has 0 radical (unpaired) electrons. The van der Waals surface area contributed by atoms with E-state index < -0.39 is 10.0 Å². The third-order valence-electron chi connectivity index (χ3n) is 5.83. The molecule has 7 nitrogen and oxygen atoms in total. The Morgan fingerprint density at radius 2 is 1.84 bits per heavy atom. The van der Waals surface area contributed by atoms with E-state index in [0.29, 0.717) is 30.4 Å². The highest BCUT2D eigenvalue weighted by Gasteiger charge is 2.27. The van der Waals surface area contributed by atoms with Crippen molar-refractivity contribution >= 4 is 27.4 Å². The molecule has 1 amide bonds. The molecule has 2 heterocycles. The van der Waals surface area contributed by atoms with Gasteiger partial charge in [-0.2, -0.15) is 4.31 Å². The number of carbonyl (C=O) groups excluding carboxylic acids is 1. The number of amides is 1. The van der Waals surface area contributed by atoms with E-state index in [0.717, 1.165) is 37.2 Å². The van der Waals surface area contributed by atoms with Gasteiger partial charge in [0.25, 0.3) is 5.91 Å². The summed E-state index contributed by atoms with van der Waals surface area (Å²) in [4.78, 5) is 19.8. The average Bonchev–Trinajstić information content (AvgIpc) is 2.76. The molecule has 1 aliphatic rings. The number of nitrogens with one attached hydrogen (secondary N) is 1. The summed E-state index contributed by atoms with van der Waals surface area (Å²) in [7, 11) is -3.67. The number of aromatic nitrogens is 1. The number of benzene rings is 1. The fourth-order valence-corrected chi connectivity index (χ4v) is 5.31. The minimum atomic E-state index is -3.67. The molecule has 0 unspecified atom stereocenters. The lowest BCUT2D eigenvalue weighted by Gasteiger charge is -2.33. The number of carbonyl (C=O) groups is 1. The van der Waals surface area contributed by atoms with Gasteiger partial charge in [-0.15, -0.1) is 0 Å². The van der Waals surface area contributed by atoms with E-state index in [2.05, 4.69) is 22.1 Å². The zero-order valence-electron chi connectivity index (χ0n) is 18.8. The molecule has 3 rings (SSSR count). The van der Waals surface area contributed by atoms with Crippen LogP contribution in [0, 0.1) is 12.8 Å². The lowest BCUT2D eigenvalue weighted by atomic mass is 9.98. The van der Waals surface area contributed by atoms with E-state index >= 15 is 0 Å². The van der Waals surface area contributed by atoms with E-state index in [1.54, 1.807) is 38.2 Å². The number of pyridine rings is 1. The fraction of sp³-hybridized carbons (Fsp3) is 0.478. The Labute approximate surface area is 185 Å². The third kappa shape index (κ3) is 5.25. The number of nitrogens with zero attached hydrogens (tertiary/aromatic N) is 3. The van der Waals surface area contributed by atoms with E-state index in [1.807, 2.05) is 13.0 Å². The van der Waals surface area contributed by atoms with E-state index in [-0.39, 0.29) is 10.8 Å². The third-order valence-corrected chi connectivity index (χ3v) is 7.88. The van der Waals surface area contributed by atoms with E-state index in [4.69, 9.17) is 0 Å². The predicted molar refractivity (Wildman–Crippen MR) is 124 cm³/mol. The second-order valence-electron chi connectivity index (χ2n) is 8.11. The summed E-state index contributed by atoms with van der Waals surface area (Å²) in [5.41, 5.74) is 2.11. The van der Waals surface area contributed by atoms with Crippen LogP contribution in [0.5, 0.6) is 0 Å². The zero-order valence-corrected chi connectivity index (χ0v) is 19.6. The van der Waals surface area contributed by atoms with Crippen LogP contribution in [0.2, 0.25) is 0 Å². The van der Waals surface area contributed by atoms with Crippen molar-refractivity contribution in [1.29, 1.82) is 0 Å². The van der Waals surface area contributed by atoms with Gasteiger partial charge in [0.15, 0.2) is 0 Å². The van der Waals surface area contributed by atoms with E-state index in [1.165, 1.54) is 10.4 Å². The summed E-state index contributed by atoms with van der Waals surface area (Å²) in [5.74, 6) is 0.722. The van der Waals surface area contributed by atoms with Crippen molar-refractivity contribution in [3.63, 3.8) is 0 Å². The zero-order chi connectivity index (χ0) is 22.6. The molecular weight excluding hydrogens is 412 g/mol. The topological polar surface area (TPSA) is 82.6 Å². The Balaban J connectivity index is 2.01. The summed E-state index contributed by atoms with van der Waals surface area (Å²) in [6.45, 7) is 10.2. The molecule has 168 valence electrons. The fourth-order valence-electron chi connectivity index (χ4n) is 3.82. The Morgan fingerprint density at radius 1 is 1.16 bits per heavy atom. The van der Waals surface area contributed by atoms with Gasteiger partial charge in [-0.05, 0) is 55.5 Å². The Morgan fingerprint density at radius 3 is 2.42 bits per heavy atom. The maximum atomic E-state index is 13.2. The van der Waals surface area contributed by atoms with Gasteiger partial charge in [0.2, 0.25) is 10.0 Å². The van der Waals surface area contributed by atoms with Crippen LogP contribution in [0.25, 0.3) is 0 Å². The molecule has 31 heavy (non-hydrogen) atoms. The molecule has 0 aliphatic carbocycles. The van der Waals surface area contributed by atoms with Gasteiger partial charge in [-0.3, -0.25) is 4.79 Å². The molecule has 8 heteroatoms. The first-order valence-electron chi connectivity index (χ1n) is 10.9. The second kappa shape index (κ2) is 9.78. The summed E-state index contributed by atoms with van der Waals surface area (Å²) < 4.78 is 27.5. The maximum Gasteiger partial charge on any atom is 0.258 e. The number of anilines is 2. The van der Waals surface area contributed by atoms with E-state index in [9.17, 15) is 13.2 Å². The first-order valence-corrected chi connectivity index (χ1v) is 12.3. The molecule has 0 atom stereocenters. The van der Waals surface area contributed by atoms with Gasteiger partial charge in [0.05, 0.1) is 10.5 Å². The molecule has 1 aromatic heterocycles. The number of aryl methyl sites for hydroxylation is 1. The molecule has 1 fully saturated rings. The molecule has 1 aliphatic heterocycles.